The van der Waals surface area contributed by atoms with E-state index in [1.165, 1.54) is 12.1 Å². The van der Waals surface area contributed by atoms with Gasteiger partial charge in [-0.15, -0.1) is 0 Å². The Morgan fingerprint density at radius 2 is 2.03 bits per heavy atom. The Bertz CT molecular complexity index is 1000. The molecule has 1 amide bonds. The number of carbonyl (C=O) groups is 1. The number of amides is 1. The van der Waals surface area contributed by atoms with Gasteiger partial charge < -0.3 is 9.88 Å². The van der Waals surface area contributed by atoms with E-state index in [9.17, 15) is 9.18 Å². The molecule has 1 atom stereocenters. The fourth-order valence-corrected chi connectivity index (χ4v) is 3.52. The lowest BCUT2D eigenvalue weighted by molar-refractivity contribution is -0.121. The number of rotatable bonds is 7. The van der Waals surface area contributed by atoms with Gasteiger partial charge in [0.15, 0.2) is 0 Å². The standard InChI is InChI=1S/C22H28FN5O/c1-14(2)13-28-16(4)19(15(3)26-28)12-20(29)25-21(22-24-9-10-27(22)5)17-7-6-8-18(23)11-17/h6-11,14,21H,12-13H2,1-5H3,(H,25,29)/t21-/m0/s1. The van der Waals surface area contributed by atoms with E-state index in [-0.39, 0.29) is 18.1 Å². The van der Waals surface area contributed by atoms with Gasteiger partial charge in [-0.05, 0) is 37.5 Å². The molecule has 0 fully saturated rings. The van der Waals surface area contributed by atoms with Gasteiger partial charge in [-0.3, -0.25) is 9.48 Å². The number of nitrogens with one attached hydrogen (secondary N) is 1. The molecule has 0 radical (unpaired) electrons. The molecule has 7 heteroatoms. The SMILES string of the molecule is Cc1nn(CC(C)C)c(C)c1CC(=O)N[C@@H](c1cccc(F)c1)c1nccn1C. The average molecular weight is 397 g/mol. The predicted octanol–water partition coefficient (Wildman–Crippen LogP) is 3.48. The third-order valence-electron chi connectivity index (χ3n) is 5.01. The van der Waals surface area contributed by atoms with Crippen LogP contribution < -0.4 is 5.32 Å². The summed E-state index contributed by atoms with van der Waals surface area (Å²) in [5.74, 6) is 0.610. The summed E-state index contributed by atoms with van der Waals surface area (Å²) in [6.45, 7) is 9.01. The molecule has 6 nitrogen and oxygen atoms in total. The summed E-state index contributed by atoms with van der Waals surface area (Å²) in [7, 11) is 1.85. The molecule has 2 heterocycles. The second-order valence-electron chi connectivity index (χ2n) is 7.85. The van der Waals surface area contributed by atoms with Gasteiger partial charge in [-0.2, -0.15) is 5.10 Å². The minimum absolute atomic E-state index is 0.155. The zero-order chi connectivity index (χ0) is 21.1. The molecule has 0 aliphatic carbocycles. The monoisotopic (exact) mass is 397 g/mol. The minimum Gasteiger partial charge on any atom is -0.342 e. The van der Waals surface area contributed by atoms with Gasteiger partial charge in [0, 0.05) is 37.2 Å². The molecule has 0 aliphatic heterocycles. The zero-order valence-electron chi connectivity index (χ0n) is 17.6. The minimum atomic E-state index is -0.537. The molecule has 2 aromatic heterocycles. The third-order valence-corrected chi connectivity index (χ3v) is 5.01. The number of benzene rings is 1. The molecule has 3 aromatic rings. The molecule has 0 unspecified atom stereocenters. The first kappa shape index (κ1) is 20.8. The first-order valence-corrected chi connectivity index (χ1v) is 9.81. The van der Waals surface area contributed by atoms with E-state index in [2.05, 4.69) is 29.2 Å². The van der Waals surface area contributed by atoms with E-state index in [1.807, 2.05) is 30.1 Å². The normalized spacial score (nSPS) is 12.4. The highest BCUT2D eigenvalue weighted by Gasteiger charge is 2.23. The van der Waals surface area contributed by atoms with Crippen LogP contribution in [0.15, 0.2) is 36.7 Å². The van der Waals surface area contributed by atoms with E-state index < -0.39 is 6.04 Å². The van der Waals surface area contributed by atoms with Crippen LogP contribution in [0.5, 0.6) is 0 Å². The van der Waals surface area contributed by atoms with Crippen molar-refractivity contribution in [2.24, 2.45) is 13.0 Å². The lowest BCUT2D eigenvalue weighted by Gasteiger charge is -2.19. The number of carbonyl (C=O) groups excluding carboxylic acids is 1. The Balaban J connectivity index is 1.85. The van der Waals surface area contributed by atoms with Crippen molar-refractivity contribution in [1.29, 1.82) is 0 Å². The fourth-order valence-electron chi connectivity index (χ4n) is 3.52. The van der Waals surface area contributed by atoms with Crippen molar-refractivity contribution in [1.82, 2.24) is 24.6 Å². The maximum atomic E-state index is 13.8. The number of nitrogens with zero attached hydrogens (tertiary/aromatic N) is 4. The summed E-state index contributed by atoms with van der Waals surface area (Å²) < 4.78 is 17.6. The molecular weight excluding hydrogens is 369 g/mol. The van der Waals surface area contributed by atoms with Gasteiger partial charge in [-0.1, -0.05) is 26.0 Å². The van der Waals surface area contributed by atoms with E-state index in [1.54, 1.807) is 24.5 Å². The smallest absolute Gasteiger partial charge is 0.225 e. The number of hydrogen-bond donors (Lipinski definition) is 1. The zero-order valence-corrected chi connectivity index (χ0v) is 17.6. The number of halogens is 1. The van der Waals surface area contributed by atoms with Crippen LogP contribution in [0.4, 0.5) is 4.39 Å². The van der Waals surface area contributed by atoms with Crippen LogP contribution in [0.3, 0.4) is 0 Å². The highest BCUT2D eigenvalue weighted by Crippen LogP contribution is 2.22. The van der Waals surface area contributed by atoms with Crippen LogP contribution in [0.2, 0.25) is 0 Å². The maximum absolute atomic E-state index is 13.8. The Labute approximate surface area is 170 Å². The highest BCUT2D eigenvalue weighted by atomic mass is 19.1. The quantitative estimate of drug-likeness (QED) is 0.664. The molecular formula is C22H28FN5O. The second kappa shape index (κ2) is 8.59. The van der Waals surface area contributed by atoms with Crippen LogP contribution in [0.1, 0.15) is 48.2 Å². The largest absolute Gasteiger partial charge is 0.342 e. The van der Waals surface area contributed by atoms with Crippen molar-refractivity contribution >= 4 is 5.91 Å². The van der Waals surface area contributed by atoms with Gasteiger partial charge in [0.05, 0.1) is 12.1 Å². The topological polar surface area (TPSA) is 64.7 Å². The number of hydrogen-bond acceptors (Lipinski definition) is 3. The van der Waals surface area contributed by atoms with Gasteiger partial charge >= 0.3 is 0 Å². The van der Waals surface area contributed by atoms with Gasteiger partial charge in [0.25, 0.3) is 0 Å². The van der Waals surface area contributed by atoms with Crippen molar-refractivity contribution in [2.75, 3.05) is 0 Å². The summed E-state index contributed by atoms with van der Waals surface area (Å²) in [6, 6.07) is 5.70. The lowest BCUT2D eigenvalue weighted by atomic mass is 10.0. The molecule has 3 rings (SSSR count). The average Bonchev–Trinajstić information content (AvgIpc) is 3.18. The van der Waals surface area contributed by atoms with E-state index in [0.29, 0.717) is 17.3 Å². The Morgan fingerprint density at radius 1 is 1.28 bits per heavy atom. The van der Waals surface area contributed by atoms with E-state index >= 15 is 0 Å². The van der Waals surface area contributed by atoms with Gasteiger partial charge in [-0.25, -0.2) is 9.37 Å². The molecule has 0 aliphatic rings. The van der Waals surface area contributed by atoms with Gasteiger partial charge in [0.1, 0.15) is 17.7 Å². The van der Waals surface area contributed by atoms with Crippen molar-refractivity contribution < 1.29 is 9.18 Å². The third kappa shape index (κ3) is 4.72. The summed E-state index contributed by atoms with van der Waals surface area (Å²) in [5, 5.41) is 7.62. The fraction of sp³-hybridized carbons (Fsp3) is 0.409. The summed E-state index contributed by atoms with van der Waals surface area (Å²) in [4.78, 5) is 17.3. The molecule has 1 aromatic carbocycles. The van der Waals surface area contributed by atoms with Crippen LogP contribution >= 0.6 is 0 Å². The van der Waals surface area contributed by atoms with Crippen LogP contribution in [0.25, 0.3) is 0 Å². The number of aromatic nitrogens is 4. The van der Waals surface area contributed by atoms with Crippen molar-refractivity contribution in [3.8, 4) is 0 Å². The summed E-state index contributed by atoms with van der Waals surface area (Å²) in [6.07, 6.45) is 3.68. The Hall–Kier alpha value is -2.96. The first-order chi connectivity index (χ1) is 13.8. The predicted molar refractivity (Wildman–Crippen MR) is 110 cm³/mol. The summed E-state index contributed by atoms with van der Waals surface area (Å²) in [5.41, 5.74) is 3.45. The molecule has 0 saturated carbocycles. The molecule has 0 saturated heterocycles. The number of imidazole rings is 1. The van der Waals surface area contributed by atoms with Crippen LogP contribution in [0, 0.1) is 25.6 Å². The summed E-state index contributed by atoms with van der Waals surface area (Å²) >= 11 is 0. The lowest BCUT2D eigenvalue weighted by Crippen LogP contribution is -2.32. The van der Waals surface area contributed by atoms with E-state index in [0.717, 1.165) is 23.5 Å². The maximum Gasteiger partial charge on any atom is 0.225 e. The highest BCUT2D eigenvalue weighted by molar-refractivity contribution is 5.80. The Morgan fingerprint density at radius 3 is 2.66 bits per heavy atom. The molecule has 0 bridgehead atoms. The molecule has 29 heavy (non-hydrogen) atoms. The molecule has 0 spiro atoms. The second-order valence-corrected chi connectivity index (χ2v) is 7.85. The van der Waals surface area contributed by atoms with Crippen molar-refractivity contribution in [3.05, 3.63) is 70.8 Å². The van der Waals surface area contributed by atoms with Crippen LogP contribution in [-0.2, 0) is 24.8 Å². The van der Waals surface area contributed by atoms with E-state index in [4.69, 9.17) is 0 Å². The molecule has 154 valence electrons. The Kier molecular flexibility index (Phi) is 6.15. The number of aryl methyl sites for hydroxylation is 2. The molecule has 1 N–H and O–H groups in total. The van der Waals surface area contributed by atoms with Gasteiger partial charge in [0.2, 0.25) is 5.91 Å². The first-order valence-electron chi connectivity index (χ1n) is 9.81. The van der Waals surface area contributed by atoms with Crippen molar-refractivity contribution in [3.63, 3.8) is 0 Å². The van der Waals surface area contributed by atoms with Crippen LogP contribution in [-0.4, -0.2) is 25.2 Å². The van der Waals surface area contributed by atoms with Crippen molar-refractivity contribution in [2.45, 2.75) is 46.7 Å².